The number of hydrazone groups is 1. The first kappa shape index (κ1) is 11.1. The molecule has 0 saturated heterocycles. The summed E-state index contributed by atoms with van der Waals surface area (Å²) in [6.45, 7) is 0. The van der Waals surface area contributed by atoms with Crippen LogP contribution >= 0.6 is 0 Å². The van der Waals surface area contributed by atoms with Gasteiger partial charge >= 0.3 is 12.3 Å². The number of primary amides is 1. The van der Waals surface area contributed by atoms with E-state index in [0.29, 0.717) is 5.56 Å². The van der Waals surface area contributed by atoms with Crippen molar-refractivity contribution in [2.45, 2.75) is 6.29 Å². The summed E-state index contributed by atoms with van der Waals surface area (Å²) in [5, 5.41) is 3.47. The van der Waals surface area contributed by atoms with Crippen LogP contribution in [0.3, 0.4) is 0 Å². The Labute approximate surface area is 94.0 Å². The van der Waals surface area contributed by atoms with E-state index in [1.54, 1.807) is 0 Å². The van der Waals surface area contributed by atoms with Crippen LogP contribution in [0.1, 0.15) is 5.56 Å². The molecular weight excluding hydrogens is 236 g/mol. The molecule has 0 fully saturated rings. The Hall–Kier alpha value is -2.38. The Morgan fingerprint density at radius 3 is 2.82 bits per heavy atom. The average Bonchev–Trinajstić information content (AvgIpc) is 2.50. The number of rotatable bonds is 2. The van der Waals surface area contributed by atoms with Gasteiger partial charge in [-0.3, -0.25) is 0 Å². The van der Waals surface area contributed by atoms with Gasteiger partial charge in [-0.15, -0.1) is 8.78 Å². The van der Waals surface area contributed by atoms with Crippen LogP contribution in [-0.4, -0.2) is 18.5 Å². The van der Waals surface area contributed by atoms with Crippen molar-refractivity contribution in [1.29, 1.82) is 0 Å². The van der Waals surface area contributed by atoms with E-state index in [0.717, 1.165) is 0 Å². The van der Waals surface area contributed by atoms with Crippen LogP contribution in [0.2, 0.25) is 0 Å². The van der Waals surface area contributed by atoms with Crippen LogP contribution in [0.4, 0.5) is 13.6 Å². The zero-order valence-electron chi connectivity index (χ0n) is 8.31. The van der Waals surface area contributed by atoms with Gasteiger partial charge in [-0.1, -0.05) is 0 Å². The smallest absolute Gasteiger partial charge is 0.395 e. The van der Waals surface area contributed by atoms with Crippen molar-refractivity contribution in [1.82, 2.24) is 5.43 Å². The molecule has 1 aromatic carbocycles. The van der Waals surface area contributed by atoms with Gasteiger partial charge in [0.1, 0.15) is 0 Å². The van der Waals surface area contributed by atoms with Gasteiger partial charge < -0.3 is 15.2 Å². The van der Waals surface area contributed by atoms with Crippen LogP contribution in [-0.2, 0) is 0 Å². The normalized spacial score (nSPS) is 16.1. The molecule has 0 saturated carbocycles. The van der Waals surface area contributed by atoms with Crippen LogP contribution in [0.5, 0.6) is 11.5 Å². The number of alkyl halides is 2. The summed E-state index contributed by atoms with van der Waals surface area (Å²) in [4.78, 5) is 10.3. The minimum Gasteiger partial charge on any atom is -0.395 e. The summed E-state index contributed by atoms with van der Waals surface area (Å²) in [7, 11) is 0. The SMILES string of the molecule is NC(=O)NN=Cc1ccc2c(c1)OC(F)(F)O2. The molecule has 1 aliphatic heterocycles. The predicted molar refractivity (Wildman–Crippen MR) is 53.0 cm³/mol. The van der Waals surface area contributed by atoms with Gasteiger partial charge in [0.2, 0.25) is 0 Å². The van der Waals surface area contributed by atoms with Crippen LogP contribution in [0.15, 0.2) is 23.3 Å². The molecule has 0 atom stereocenters. The highest BCUT2D eigenvalue weighted by atomic mass is 19.3. The highest BCUT2D eigenvalue weighted by Gasteiger charge is 2.43. The highest BCUT2D eigenvalue weighted by molar-refractivity contribution is 5.82. The van der Waals surface area contributed by atoms with Gasteiger partial charge in [0.05, 0.1) is 6.21 Å². The standard InChI is InChI=1S/C9H7F2N3O3/c10-9(11)16-6-2-1-5(3-7(6)17-9)4-13-14-8(12)15/h1-4H,(H3,12,14,15). The molecule has 0 bridgehead atoms. The van der Waals surface area contributed by atoms with Crippen molar-refractivity contribution in [3.8, 4) is 11.5 Å². The Balaban J connectivity index is 2.14. The van der Waals surface area contributed by atoms with Crippen molar-refractivity contribution in [2.24, 2.45) is 10.8 Å². The molecule has 17 heavy (non-hydrogen) atoms. The largest absolute Gasteiger partial charge is 0.586 e. The second-order valence-electron chi connectivity index (χ2n) is 3.11. The summed E-state index contributed by atoms with van der Waals surface area (Å²) in [6.07, 6.45) is -2.42. The quantitative estimate of drug-likeness (QED) is 0.600. The lowest BCUT2D eigenvalue weighted by atomic mass is 10.2. The summed E-state index contributed by atoms with van der Waals surface area (Å²) < 4.78 is 33.8. The molecule has 8 heteroatoms. The number of nitrogens with two attached hydrogens (primary N) is 1. The minimum atomic E-state index is -3.65. The monoisotopic (exact) mass is 243 g/mol. The van der Waals surface area contributed by atoms with Crippen molar-refractivity contribution in [2.75, 3.05) is 0 Å². The van der Waals surface area contributed by atoms with E-state index in [9.17, 15) is 13.6 Å². The van der Waals surface area contributed by atoms with Crippen molar-refractivity contribution < 1.29 is 23.0 Å². The third-order valence-corrected chi connectivity index (χ3v) is 1.81. The van der Waals surface area contributed by atoms with Crippen molar-refractivity contribution in [3.63, 3.8) is 0 Å². The number of nitrogens with zero attached hydrogens (tertiary/aromatic N) is 1. The fourth-order valence-corrected chi connectivity index (χ4v) is 1.22. The van der Waals surface area contributed by atoms with E-state index in [-0.39, 0.29) is 11.5 Å². The maximum atomic E-state index is 12.7. The van der Waals surface area contributed by atoms with Crippen LogP contribution < -0.4 is 20.6 Å². The van der Waals surface area contributed by atoms with Gasteiger partial charge in [-0.25, -0.2) is 10.2 Å². The van der Waals surface area contributed by atoms with E-state index >= 15 is 0 Å². The van der Waals surface area contributed by atoms with E-state index in [4.69, 9.17) is 5.73 Å². The molecule has 2 amide bonds. The van der Waals surface area contributed by atoms with Gasteiger partial charge in [-0.05, 0) is 23.8 Å². The number of fused-ring (bicyclic) bond motifs is 1. The molecule has 1 aromatic rings. The second-order valence-corrected chi connectivity index (χ2v) is 3.11. The minimum absolute atomic E-state index is 0.0602. The Bertz CT molecular complexity index is 490. The number of hydrogen-bond donors (Lipinski definition) is 2. The molecule has 1 aliphatic rings. The van der Waals surface area contributed by atoms with Gasteiger partial charge in [-0.2, -0.15) is 5.10 Å². The third-order valence-electron chi connectivity index (χ3n) is 1.81. The molecule has 0 aromatic heterocycles. The van der Waals surface area contributed by atoms with E-state index in [2.05, 4.69) is 14.6 Å². The molecule has 0 radical (unpaired) electrons. The fraction of sp³-hybridized carbons (Fsp3) is 0.111. The Kier molecular flexibility index (Phi) is 2.54. The first-order chi connectivity index (χ1) is 7.96. The average molecular weight is 243 g/mol. The summed E-state index contributed by atoms with van der Waals surface area (Å²) in [5.41, 5.74) is 7.18. The van der Waals surface area contributed by atoms with Crippen LogP contribution in [0.25, 0.3) is 0 Å². The molecular formula is C9H7F2N3O3. The number of halogens is 2. The number of benzene rings is 1. The zero-order chi connectivity index (χ0) is 12.5. The molecule has 0 unspecified atom stereocenters. The fourth-order valence-electron chi connectivity index (χ4n) is 1.22. The summed E-state index contributed by atoms with van der Waals surface area (Å²) in [5.74, 6) is -0.159. The number of ether oxygens (including phenoxy) is 2. The summed E-state index contributed by atoms with van der Waals surface area (Å²) in [6, 6.07) is 3.24. The lowest BCUT2D eigenvalue weighted by molar-refractivity contribution is -0.286. The topological polar surface area (TPSA) is 85.9 Å². The van der Waals surface area contributed by atoms with Crippen LogP contribution in [0, 0.1) is 0 Å². The van der Waals surface area contributed by atoms with Gasteiger partial charge in [0.15, 0.2) is 11.5 Å². The Morgan fingerprint density at radius 1 is 1.41 bits per heavy atom. The van der Waals surface area contributed by atoms with E-state index < -0.39 is 12.3 Å². The highest BCUT2D eigenvalue weighted by Crippen LogP contribution is 2.40. The molecule has 90 valence electrons. The molecule has 3 N–H and O–H groups in total. The van der Waals surface area contributed by atoms with E-state index in [1.807, 2.05) is 5.43 Å². The predicted octanol–water partition coefficient (Wildman–Crippen LogP) is 1.01. The van der Waals surface area contributed by atoms with E-state index in [1.165, 1.54) is 24.4 Å². The molecule has 1 heterocycles. The lowest BCUT2D eigenvalue weighted by Crippen LogP contribution is -2.25. The van der Waals surface area contributed by atoms with Gasteiger partial charge in [0, 0.05) is 0 Å². The maximum absolute atomic E-state index is 12.7. The molecule has 0 spiro atoms. The zero-order valence-corrected chi connectivity index (χ0v) is 8.31. The third kappa shape index (κ3) is 2.60. The number of nitrogens with one attached hydrogen (secondary N) is 1. The maximum Gasteiger partial charge on any atom is 0.586 e. The lowest BCUT2D eigenvalue weighted by Gasteiger charge is -2.04. The second kappa shape index (κ2) is 3.89. The van der Waals surface area contributed by atoms with Gasteiger partial charge in [0.25, 0.3) is 0 Å². The number of carbonyl (C=O) groups is 1. The number of hydrogen-bond acceptors (Lipinski definition) is 4. The number of urea groups is 1. The molecule has 0 aliphatic carbocycles. The first-order valence-corrected chi connectivity index (χ1v) is 4.45. The van der Waals surface area contributed by atoms with Crippen molar-refractivity contribution in [3.05, 3.63) is 23.8 Å². The molecule has 2 rings (SSSR count). The summed E-state index contributed by atoms with van der Waals surface area (Å²) >= 11 is 0. The molecule has 6 nitrogen and oxygen atoms in total. The first-order valence-electron chi connectivity index (χ1n) is 4.45. The Morgan fingerprint density at radius 2 is 2.12 bits per heavy atom. The number of carbonyl (C=O) groups excluding carboxylic acids is 1. The van der Waals surface area contributed by atoms with Crippen molar-refractivity contribution >= 4 is 12.2 Å². The number of amides is 2.